The van der Waals surface area contributed by atoms with Crippen LogP contribution in [0.5, 0.6) is 0 Å². The normalized spacial score (nSPS) is 20.3. The Labute approximate surface area is 153 Å². The molecule has 126 valence electrons. The van der Waals surface area contributed by atoms with E-state index in [1.807, 2.05) is 48.5 Å². The van der Waals surface area contributed by atoms with Gasteiger partial charge in [-0.25, -0.2) is 0 Å². The highest BCUT2D eigenvalue weighted by atomic mass is 79.9. The maximum absolute atomic E-state index is 12.8. The minimum Gasteiger partial charge on any atom is -0.503 e. The van der Waals surface area contributed by atoms with Crippen LogP contribution in [-0.2, 0) is 9.59 Å². The van der Waals surface area contributed by atoms with Crippen molar-refractivity contribution in [2.45, 2.75) is 18.9 Å². The fraction of sp³-hybridized carbons (Fsp3) is 0.200. The van der Waals surface area contributed by atoms with Gasteiger partial charge in [0, 0.05) is 16.1 Å². The second-order valence-corrected chi connectivity index (χ2v) is 7.28. The summed E-state index contributed by atoms with van der Waals surface area (Å²) < 4.78 is 0.825. The van der Waals surface area contributed by atoms with Crippen molar-refractivity contribution in [1.82, 2.24) is 0 Å². The lowest BCUT2D eigenvalue weighted by molar-refractivity contribution is -0.118. The van der Waals surface area contributed by atoms with Gasteiger partial charge < -0.3 is 5.11 Å². The lowest BCUT2D eigenvalue weighted by atomic mass is 9.94. The van der Waals surface area contributed by atoms with E-state index in [1.54, 1.807) is 6.07 Å². The summed E-state index contributed by atoms with van der Waals surface area (Å²) in [6.07, 6.45) is 1.64. The number of ketones is 1. The Morgan fingerprint density at radius 1 is 1.08 bits per heavy atom. The van der Waals surface area contributed by atoms with Gasteiger partial charge in [0.1, 0.15) is 0 Å². The van der Waals surface area contributed by atoms with Gasteiger partial charge in [0.25, 0.3) is 5.91 Å². The first-order valence-electron chi connectivity index (χ1n) is 8.19. The molecule has 1 atom stereocenters. The van der Waals surface area contributed by atoms with E-state index >= 15 is 0 Å². The molecule has 4 rings (SSSR count). The number of hydrogen-bond donors (Lipinski definition) is 1. The number of hydrogen-bond acceptors (Lipinski definition) is 3. The summed E-state index contributed by atoms with van der Waals surface area (Å²) in [5, 5.41) is 10.5. The van der Waals surface area contributed by atoms with E-state index in [0.717, 1.165) is 22.9 Å². The molecule has 1 amide bonds. The molecule has 1 aliphatic heterocycles. The fourth-order valence-corrected chi connectivity index (χ4v) is 3.65. The highest BCUT2D eigenvalue weighted by molar-refractivity contribution is 9.10. The molecule has 1 heterocycles. The molecule has 1 aliphatic carbocycles. The Morgan fingerprint density at radius 3 is 2.44 bits per heavy atom. The van der Waals surface area contributed by atoms with Crippen LogP contribution in [0.15, 0.2) is 70.4 Å². The molecule has 0 saturated heterocycles. The standard InChI is InChI=1S/C20H16BrNO3/c21-14-7-4-8-15(11-14)22-17(12-5-2-1-3-6-12)16(19(24)20(22)25)18(23)13-9-10-13/h1-8,11,13,17,24H,9-10H2/t17-/m1/s1. The van der Waals surface area contributed by atoms with E-state index in [4.69, 9.17) is 0 Å². The Bertz CT molecular complexity index is 887. The van der Waals surface area contributed by atoms with Crippen LogP contribution in [0.2, 0.25) is 0 Å². The van der Waals surface area contributed by atoms with Crippen molar-refractivity contribution in [3.05, 3.63) is 76.0 Å². The molecule has 1 saturated carbocycles. The van der Waals surface area contributed by atoms with E-state index in [9.17, 15) is 14.7 Å². The maximum atomic E-state index is 12.8. The van der Waals surface area contributed by atoms with Crippen molar-refractivity contribution < 1.29 is 14.7 Å². The quantitative estimate of drug-likeness (QED) is 0.834. The molecule has 1 fully saturated rings. The number of amides is 1. The second kappa shape index (κ2) is 6.15. The van der Waals surface area contributed by atoms with Crippen molar-refractivity contribution in [2.75, 3.05) is 4.90 Å². The van der Waals surface area contributed by atoms with Gasteiger partial charge >= 0.3 is 0 Å². The van der Waals surface area contributed by atoms with Crippen molar-refractivity contribution in [3.8, 4) is 0 Å². The zero-order valence-corrected chi connectivity index (χ0v) is 14.9. The van der Waals surface area contributed by atoms with Crippen LogP contribution in [0.4, 0.5) is 5.69 Å². The Hall–Kier alpha value is -2.40. The minimum absolute atomic E-state index is 0.0707. The number of anilines is 1. The van der Waals surface area contributed by atoms with Crippen molar-refractivity contribution in [3.63, 3.8) is 0 Å². The third-order valence-corrected chi connectivity index (χ3v) is 5.12. The van der Waals surface area contributed by atoms with E-state index in [-0.39, 0.29) is 17.3 Å². The summed E-state index contributed by atoms with van der Waals surface area (Å²) in [5.74, 6) is -1.14. The molecule has 0 bridgehead atoms. The molecule has 4 nitrogen and oxygen atoms in total. The van der Waals surface area contributed by atoms with Gasteiger partial charge in [0.15, 0.2) is 11.5 Å². The van der Waals surface area contributed by atoms with E-state index < -0.39 is 17.7 Å². The van der Waals surface area contributed by atoms with Crippen LogP contribution in [0.3, 0.4) is 0 Å². The Kier molecular flexibility index (Phi) is 3.96. The lowest BCUT2D eigenvalue weighted by Gasteiger charge is -2.27. The molecule has 5 heteroatoms. The lowest BCUT2D eigenvalue weighted by Crippen LogP contribution is -2.31. The van der Waals surface area contributed by atoms with Crippen LogP contribution in [0, 0.1) is 5.92 Å². The molecular weight excluding hydrogens is 382 g/mol. The molecule has 2 aliphatic rings. The van der Waals surface area contributed by atoms with Gasteiger partial charge in [0.2, 0.25) is 0 Å². The smallest absolute Gasteiger partial charge is 0.294 e. The van der Waals surface area contributed by atoms with Crippen LogP contribution >= 0.6 is 15.9 Å². The zero-order chi connectivity index (χ0) is 17.6. The van der Waals surface area contributed by atoms with Crippen LogP contribution in [0.25, 0.3) is 0 Å². The van der Waals surface area contributed by atoms with E-state index in [0.29, 0.717) is 5.69 Å². The van der Waals surface area contributed by atoms with Gasteiger partial charge in [-0.2, -0.15) is 0 Å². The molecule has 2 aromatic rings. The maximum Gasteiger partial charge on any atom is 0.294 e. The van der Waals surface area contributed by atoms with Gasteiger partial charge in [-0.1, -0.05) is 52.3 Å². The van der Waals surface area contributed by atoms with Crippen molar-refractivity contribution in [2.24, 2.45) is 5.92 Å². The Morgan fingerprint density at radius 2 is 1.80 bits per heavy atom. The third-order valence-electron chi connectivity index (χ3n) is 4.62. The van der Waals surface area contributed by atoms with Gasteiger partial charge in [-0.3, -0.25) is 14.5 Å². The number of nitrogens with zero attached hydrogens (tertiary/aromatic N) is 1. The van der Waals surface area contributed by atoms with Gasteiger partial charge in [0.05, 0.1) is 11.6 Å². The average molecular weight is 398 g/mol. The van der Waals surface area contributed by atoms with Gasteiger partial charge in [-0.15, -0.1) is 0 Å². The van der Waals surface area contributed by atoms with Crippen molar-refractivity contribution >= 4 is 33.3 Å². The number of Topliss-reactive ketones (excluding diaryl/α,β-unsaturated/α-hetero) is 1. The first kappa shape index (κ1) is 16.1. The molecule has 0 spiro atoms. The number of carbonyl (C=O) groups is 2. The predicted molar refractivity (Wildman–Crippen MR) is 98.2 cm³/mol. The number of aliphatic hydroxyl groups is 1. The largest absolute Gasteiger partial charge is 0.503 e. The number of carbonyl (C=O) groups excluding carboxylic acids is 2. The summed E-state index contributed by atoms with van der Waals surface area (Å²) in [7, 11) is 0. The molecular formula is C20H16BrNO3. The first-order valence-corrected chi connectivity index (χ1v) is 8.98. The number of rotatable bonds is 4. The molecule has 1 N–H and O–H groups in total. The topological polar surface area (TPSA) is 57.6 Å². The summed E-state index contributed by atoms with van der Waals surface area (Å²) in [4.78, 5) is 27.1. The first-order chi connectivity index (χ1) is 12.1. The van der Waals surface area contributed by atoms with Crippen LogP contribution in [0.1, 0.15) is 24.4 Å². The highest BCUT2D eigenvalue weighted by Crippen LogP contribution is 2.45. The summed E-state index contributed by atoms with van der Waals surface area (Å²) >= 11 is 3.42. The summed E-state index contributed by atoms with van der Waals surface area (Å²) in [6, 6.07) is 16.1. The Balaban J connectivity index is 1.86. The monoisotopic (exact) mass is 397 g/mol. The second-order valence-electron chi connectivity index (χ2n) is 6.37. The minimum atomic E-state index is -0.601. The SMILES string of the molecule is O=C(C1=C(O)C(=O)N(c2cccc(Br)c2)[C@@H]1c1ccccc1)C1CC1. The molecule has 0 radical (unpaired) electrons. The van der Waals surface area contributed by atoms with Crippen LogP contribution in [-0.4, -0.2) is 16.8 Å². The molecule has 2 aromatic carbocycles. The van der Waals surface area contributed by atoms with E-state index in [1.165, 1.54) is 4.90 Å². The molecule has 0 unspecified atom stereocenters. The number of aliphatic hydroxyl groups excluding tert-OH is 1. The van der Waals surface area contributed by atoms with Gasteiger partial charge in [-0.05, 0) is 36.6 Å². The predicted octanol–water partition coefficient (Wildman–Crippen LogP) is 4.33. The summed E-state index contributed by atoms with van der Waals surface area (Å²) in [6.45, 7) is 0. The molecule has 25 heavy (non-hydrogen) atoms. The zero-order valence-electron chi connectivity index (χ0n) is 13.4. The third kappa shape index (κ3) is 2.78. The van der Waals surface area contributed by atoms with E-state index in [2.05, 4.69) is 15.9 Å². The summed E-state index contributed by atoms with van der Waals surface area (Å²) in [5.41, 5.74) is 1.67. The molecule has 0 aromatic heterocycles. The van der Waals surface area contributed by atoms with Crippen molar-refractivity contribution in [1.29, 1.82) is 0 Å². The average Bonchev–Trinajstić information content (AvgIpc) is 3.43. The van der Waals surface area contributed by atoms with Crippen LogP contribution < -0.4 is 4.90 Å². The number of halogens is 1. The highest BCUT2D eigenvalue weighted by Gasteiger charge is 2.47. The fourth-order valence-electron chi connectivity index (χ4n) is 3.27. The number of benzene rings is 2.